The van der Waals surface area contributed by atoms with E-state index in [1.54, 1.807) is 0 Å². The van der Waals surface area contributed by atoms with Gasteiger partial charge in [-0.2, -0.15) is 5.10 Å². The molecular weight excluding hydrogens is 420 g/mol. The highest BCUT2D eigenvalue weighted by Gasteiger charge is 2.16. The van der Waals surface area contributed by atoms with Gasteiger partial charge in [0.05, 0.1) is 0 Å². The lowest BCUT2D eigenvalue weighted by Gasteiger charge is -2.09. The molecule has 0 unspecified atom stereocenters. The van der Waals surface area contributed by atoms with E-state index in [0.29, 0.717) is 10.6 Å². The van der Waals surface area contributed by atoms with Crippen molar-refractivity contribution in [3.63, 3.8) is 0 Å². The van der Waals surface area contributed by atoms with Crippen molar-refractivity contribution >= 4 is 23.8 Å². The molecule has 1 aromatic heterocycles. The molecule has 1 heterocycles. The summed E-state index contributed by atoms with van der Waals surface area (Å²) in [7, 11) is 0. The number of rotatable bonds is 8. The maximum atomic E-state index is 12.6. The number of amides is 1. The minimum Gasteiger partial charge on any atom is -0.486 e. The number of benzene rings is 3. The average molecular weight is 445 g/mol. The number of nitrogens with one attached hydrogen (secondary N) is 1. The second-order valence-electron chi connectivity index (χ2n) is 7.23. The highest BCUT2D eigenvalue weighted by molar-refractivity contribution is 7.71. The molecule has 0 saturated heterocycles. The van der Waals surface area contributed by atoms with E-state index in [0.717, 1.165) is 23.5 Å². The molecule has 3 aromatic carbocycles. The first kappa shape index (κ1) is 21.5. The molecule has 6 nitrogen and oxygen atoms in total. The summed E-state index contributed by atoms with van der Waals surface area (Å²) in [6.45, 7) is 2.34. The Balaban J connectivity index is 1.62. The largest absolute Gasteiger partial charge is 0.486 e. The van der Waals surface area contributed by atoms with Crippen molar-refractivity contribution in [2.24, 2.45) is 0 Å². The summed E-state index contributed by atoms with van der Waals surface area (Å²) in [5, 5.41) is 7.49. The summed E-state index contributed by atoms with van der Waals surface area (Å²) >= 11 is 5.70. The molecule has 0 bridgehead atoms. The van der Waals surface area contributed by atoms with Crippen LogP contribution in [0.15, 0.2) is 84.9 Å². The van der Waals surface area contributed by atoms with Gasteiger partial charge in [0, 0.05) is 11.4 Å². The lowest BCUT2D eigenvalue weighted by atomic mass is 10.1. The molecule has 7 heteroatoms. The van der Waals surface area contributed by atoms with Crippen LogP contribution < -0.4 is 10.1 Å². The van der Waals surface area contributed by atoms with E-state index in [4.69, 9.17) is 17.0 Å². The molecule has 0 fully saturated rings. The van der Waals surface area contributed by atoms with Gasteiger partial charge in [-0.3, -0.25) is 9.36 Å². The van der Waals surface area contributed by atoms with Gasteiger partial charge in [-0.25, -0.2) is 4.68 Å². The summed E-state index contributed by atoms with van der Waals surface area (Å²) in [6, 6.07) is 27.0. The third kappa shape index (κ3) is 5.12. The lowest BCUT2D eigenvalue weighted by molar-refractivity contribution is -0.116. The van der Waals surface area contributed by atoms with Gasteiger partial charge < -0.3 is 10.1 Å². The minimum atomic E-state index is -0.200. The molecule has 4 rings (SSSR count). The fourth-order valence-electron chi connectivity index (χ4n) is 3.31. The number of hydrogen-bond donors (Lipinski definition) is 1. The van der Waals surface area contributed by atoms with E-state index < -0.39 is 0 Å². The van der Waals surface area contributed by atoms with Crippen molar-refractivity contribution in [1.82, 2.24) is 14.3 Å². The second kappa shape index (κ2) is 10.1. The SMILES string of the molecule is CCc1ccc(-n2c(COc3ccccc3)nn(CC(=O)Nc3ccccc3)c2=S)cc1. The zero-order valence-electron chi connectivity index (χ0n) is 17.8. The molecule has 162 valence electrons. The molecule has 1 amide bonds. The van der Waals surface area contributed by atoms with Gasteiger partial charge in [-0.15, -0.1) is 0 Å². The monoisotopic (exact) mass is 444 g/mol. The van der Waals surface area contributed by atoms with Crippen LogP contribution >= 0.6 is 12.2 Å². The predicted molar refractivity (Wildman–Crippen MR) is 128 cm³/mol. The highest BCUT2D eigenvalue weighted by atomic mass is 32.1. The Morgan fingerprint density at radius 3 is 2.28 bits per heavy atom. The summed E-state index contributed by atoms with van der Waals surface area (Å²) in [5.41, 5.74) is 2.84. The lowest BCUT2D eigenvalue weighted by Crippen LogP contribution is -2.19. The second-order valence-corrected chi connectivity index (χ2v) is 7.59. The van der Waals surface area contributed by atoms with E-state index in [1.165, 1.54) is 10.2 Å². The Morgan fingerprint density at radius 2 is 1.62 bits per heavy atom. The van der Waals surface area contributed by atoms with E-state index in [2.05, 4.69) is 29.5 Å². The standard InChI is InChI=1S/C25H24N4O2S/c1-2-19-13-15-21(16-14-19)29-23(18-31-22-11-7-4-8-12-22)27-28(25(29)32)17-24(30)26-20-9-5-3-6-10-20/h3-16H,2,17-18H2,1H3,(H,26,30). The Hall–Kier alpha value is -3.71. The Labute approximate surface area is 192 Å². The van der Waals surface area contributed by atoms with Crippen molar-refractivity contribution in [3.8, 4) is 11.4 Å². The smallest absolute Gasteiger partial charge is 0.246 e. The average Bonchev–Trinajstić information content (AvgIpc) is 3.13. The third-order valence-electron chi connectivity index (χ3n) is 4.97. The molecule has 0 aliphatic carbocycles. The Bertz CT molecular complexity index is 1230. The first-order chi connectivity index (χ1) is 15.6. The van der Waals surface area contributed by atoms with Gasteiger partial charge in [0.2, 0.25) is 10.7 Å². The van der Waals surface area contributed by atoms with Gasteiger partial charge in [0.1, 0.15) is 18.9 Å². The van der Waals surface area contributed by atoms with Gasteiger partial charge in [-0.1, -0.05) is 55.5 Å². The van der Waals surface area contributed by atoms with Crippen LogP contribution in [0.4, 0.5) is 5.69 Å². The summed E-state index contributed by atoms with van der Waals surface area (Å²) in [5.74, 6) is 1.16. The number of hydrogen-bond acceptors (Lipinski definition) is 4. The van der Waals surface area contributed by atoms with E-state index in [9.17, 15) is 4.79 Å². The van der Waals surface area contributed by atoms with E-state index in [1.807, 2.05) is 77.4 Å². The fraction of sp³-hybridized carbons (Fsp3) is 0.160. The molecule has 0 saturated carbocycles. The van der Waals surface area contributed by atoms with Gasteiger partial charge in [0.25, 0.3) is 0 Å². The molecule has 1 N–H and O–H groups in total. The number of carbonyl (C=O) groups is 1. The summed E-state index contributed by atoms with van der Waals surface area (Å²) in [6.07, 6.45) is 0.953. The van der Waals surface area contributed by atoms with Gasteiger partial charge in [0.15, 0.2) is 5.82 Å². The predicted octanol–water partition coefficient (Wildman–Crippen LogP) is 5.18. The summed E-state index contributed by atoms with van der Waals surface area (Å²) in [4.78, 5) is 12.6. The molecule has 0 spiro atoms. The maximum Gasteiger partial charge on any atom is 0.246 e. The van der Waals surface area contributed by atoms with Crippen molar-refractivity contribution in [2.75, 3.05) is 5.32 Å². The van der Waals surface area contributed by atoms with Crippen LogP contribution in [-0.4, -0.2) is 20.3 Å². The van der Waals surface area contributed by atoms with Crippen LogP contribution in [-0.2, 0) is 24.4 Å². The van der Waals surface area contributed by atoms with Crippen LogP contribution in [0.5, 0.6) is 5.75 Å². The topological polar surface area (TPSA) is 61.1 Å². The van der Waals surface area contributed by atoms with E-state index in [-0.39, 0.29) is 19.1 Å². The van der Waals surface area contributed by atoms with Crippen LogP contribution in [0.3, 0.4) is 0 Å². The molecule has 4 aromatic rings. The zero-order valence-corrected chi connectivity index (χ0v) is 18.6. The number of nitrogens with zero attached hydrogens (tertiary/aromatic N) is 3. The van der Waals surface area contributed by atoms with Crippen molar-refractivity contribution in [2.45, 2.75) is 26.5 Å². The quantitative estimate of drug-likeness (QED) is 0.380. The van der Waals surface area contributed by atoms with Crippen molar-refractivity contribution in [3.05, 3.63) is 101 Å². The van der Waals surface area contributed by atoms with Crippen LogP contribution in [0, 0.1) is 4.77 Å². The number of carbonyl (C=O) groups excluding carboxylic acids is 1. The Kier molecular flexibility index (Phi) is 6.77. The summed E-state index contributed by atoms with van der Waals surface area (Å²) < 4.78 is 9.75. The Morgan fingerprint density at radius 1 is 0.969 bits per heavy atom. The molecular formula is C25H24N4O2S. The zero-order chi connectivity index (χ0) is 22.3. The van der Waals surface area contributed by atoms with Crippen molar-refractivity contribution in [1.29, 1.82) is 0 Å². The number of ether oxygens (including phenoxy) is 1. The molecule has 0 aliphatic rings. The first-order valence-electron chi connectivity index (χ1n) is 10.4. The van der Waals surface area contributed by atoms with Crippen LogP contribution in [0.25, 0.3) is 5.69 Å². The fourth-order valence-corrected chi connectivity index (χ4v) is 3.63. The van der Waals surface area contributed by atoms with Gasteiger partial charge >= 0.3 is 0 Å². The number of anilines is 1. The normalized spacial score (nSPS) is 10.7. The van der Waals surface area contributed by atoms with Crippen LogP contribution in [0.1, 0.15) is 18.3 Å². The number of para-hydroxylation sites is 2. The van der Waals surface area contributed by atoms with E-state index >= 15 is 0 Å². The van der Waals surface area contributed by atoms with Gasteiger partial charge in [-0.05, 0) is 60.6 Å². The van der Waals surface area contributed by atoms with Crippen molar-refractivity contribution < 1.29 is 9.53 Å². The number of aryl methyl sites for hydroxylation is 1. The third-order valence-corrected chi connectivity index (χ3v) is 5.36. The number of aromatic nitrogens is 3. The highest BCUT2D eigenvalue weighted by Crippen LogP contribution is 2.17. The molecule has 0 radical (unpaired) electrons. The maximum absolute atomic E-state index is 12.6. The molecule has 32 heavy (non-hydrogen) atoms. The molecule has 0 atom stereocenters. The molecule has 0 aliphatic heterocycles. The minimum absolute atomic E-state index is 0.00606. The van der Waals surface area contributed by atoms with Crippen LogP contribution in [0.2, 0.25) is 0 Å². The first-order valence-corrected chi connectivity index (χ1v) is 10.9.